The first-order valence-corrected chi connectivity index (χ1v) is 5.69. The summed E-state index contributed by atoms with van der Waals surface area (Å²) in [4.78, 5) is 21.6. The van der Waals surface area contributed by atoms with E-state index in [4.69, 9.17) is 5.11 Å². The minimum absolute atomic E-state index is 0.207. The molecule has 7 heteroatoms. The first-order valence-electron chi connectivity index (χ1n) is 5.69. The monoisotopic (exact) mass is 255 g/mol. The Hall–Kier alpha value is -1.92. The molecule has 0 bridgehead atoms. The maximum atomic E-state index is 11.2. The van der Waals surface area contributed by atoms with Gasteiger partial charge in [-0.1, -0.05) is 27.7 Å². The van der Waals surface area contributed by atoms with Gasteiger partial charge >= 0.3 is 11.7 Å². The van der Waals surface area contributed by atoms with Crippen molar-refractivity contribution in [2.75, 3.05) is 0 Å². The average molecular weight is 255 g/mol. The van der Waals surface area contributed by atoms with Gasteiger partial charge in [0.1, 0.15) is 5.69 Å². The number of hydrogen-bond donors (Lipinski definition) is 1. The second-order valence-corrected chi connectivity index (χ2v) is 5.08. The van der Waals surface area contributed by atoms with Crippen molar-refractivity contribution in [2.24, 2.45) is 0 Å². The van der Waals surface area contributed by atoms with Crippen molar-refractivity contribution in [2.45, 2.75) is 46.1 Å². The van der Waals surface area contributed by atoms with Gasteiger partial charge in [0.25, 0.3) is 0 Å². The highest BCUT2D eigenvalue weighted by molar-refractivity contribution is 5.91. The summed E-state index contributed by atoms with van der Waals surface area (Å²) in [5, 5.41) is 24.3. The first kappa shape index (κ1) is 14.1. The number of aromatic nitrogens is 2. The molecule has 0 aromatic carbocycles. The molecule has 0 spiro atoms. The van der Waals surface area contributed by atoms with Crippen molar-refractivity contribution in [1.29, 1.82) is 0 Å². The Morgan fingerprint density at radius 2 is 2.06 bits per heavy atom. The van der Waals surface area contributed by atoms with E-state index < -0.39 is 22.0 Å². The van der Waals surface area contributed by atoms with Crippen LogP contribution in [-0.2, 0) is 12.0 Å². The number of carbonyl (C=O) groups is 1. The van der Waals surface area contributed by atoms with E-state index in [0.29, 0.717) is 13.0 Å². The molecular weight excluding hydrogens is 238 g/mol. The largest absolute Gasteiger partial charge is 0.476 e. The van der Waals surface area contributed by atoms with Gasteiger partial charge in [0, 0.05) is 12.0 Å². The second-order valence-electron chi connectivity index (χ2n) is 5.08. The average Bonchev–Trinajstić information content (AvgIpc) is 2.57. The molecule has 1 aromatic rings. The summed E-state index contributed by atoms with van der Waals surface area (Å²) in [6, 6.07) is 0. The summed E-state index contributed by atoms with van der Waals surface area (Å²) in [7, 11) is 0. The third-order valence-corrected chi connectivity index (χ3v) is 2.46. The van der Waals surface area contributed by atoms with E-state index in [-0.39, 0.29) is 11.4 Å². The molecule has 1 N–H and O–H groups in total. The molecular formula is C11H17N3O4. The van der Waals surface area contributed by atoms with Crippen molar-refractivity contribution < 1.29 is 14.8 Å². The molecule has 1 aromatic heterocycles. The third-order valence-electron chi connectivity index (χ3n) is 2.46. The number of nitro groups is 1. The lowest BCUT2D eigenvalue weighted by Gasteiger charge is -2.13. The summed E-state index contributed by atoms with van der Waals surface area (Å²) in [6.45, 7) is 7.51. The van der Waals surface area contributed by atoms with Gasteiger partial charge in [0.05, 0.1) is 4.92 Å². The molecule has 0 saturated carbocycles. The highest BCUT2D eigenvalue weighted by atomic mass is 16.6. The van der Waals surface area contributed by atoms with Gasteiger partial charge in [0.15, 0.2) is 0 Å². The number of carboxylic acids is 1. The third kappa shape index (κ3) is 2.49. The molecule has 0 radical (unpaired) electrons. The van der Waals surface area contributed by atoms with Gasteiger partial charge in [0.2, 0.25) is 5.69 Å². The van der Waals surface area contributed by atoms with E-state index in [1.807, 2.05) is 6.92 Å². The van der Waals surface area contributed by atoms with Crippen LogP contribution in [0.4, 0.5) is 5.69 Å². The zero-order valence-corrected chi connectivity index (χ0v) is 10.9. The lowest BCUT2D eigenvalue weighted by molar-refractivity contribution is -0.386. The van der Waals surface area contributed by atoms with Crippen LogP contribution in [-0.4, -0.2) is 25.8 Å². The van der Waals surface area contributed by atoms with Crippen LogP contribution in [0.2, 0.25) is 0 Å². The number of hydrogen-bond acceptors (Lipinski definition) is 4. The van der Waals surface area contributed by atoms with Crippen molar-refractivity contribution in [3.05, 3.63) is 21.5 Å². The fraction of sp³-hybridized carbons (Fsp3) is 0.636. The molecule has 100 valence electrons. The normalized spacial score (nSPS) is 11.6. The number of aryl methyl sites for hydroxylation is 1. The van der Waals surface area contributed by atoms with Crippen molar-refractivity contribution in [1.82, 2.24) is 9.78 Å². The Kier molecular flexibility index (Phi) is 3.73. The first-order chi connectivity index (χ1) is 8.20. The highest BCUT2D eigenvalue weighted by Gasteiger charge is 2.37. The molecule has 0 atom stereocenters. The van der Waals surface area contributed by atoms with Gasteiger partial charge < -0.3 is 5.11 Å². The zero-order valence-electron chi connectivity index (χ0n) is 10.9. The Labute approximate surface area is 105 Å². The molecule has 0 fully saturated rings. The Morgan fingerprint density at radius 3 is 2.39 bits per heavy atom. The minimum atomic E-state index is -1.32. The molecule has 0 amide bonds. The van der Waals surface area contributed by atoms with Gasteiger partial charge in [-0.15, -0.1) is 0 Å². The Morgan fingerprint density at radius 1 is 1.50 bits per heavy atom. The molecule has 0 aliphatic heterocycles. The number of rotatable bonds is 4. The topological polar surface area (TPSA) is 98.3 Å². The van der Waals surface area contributed by atoms with Crippen LogP contribution in [0.25, 0.3) is 0 Å². The van der Waals surface area contributed by atoms with Crippen molar-refractivity contribution in [3.63, 3.8) is 0 Å². The smallest absolute Gasteiger partial charge is 0.361 e. The molecule has 0 unspecified atom stereocenters. The van der Waals surface area contributed by atoms with E-state index in [2.05, 4.69) is 5.10 Å². The van der Waals surface area contributed by atoms with Crippen molar-refractivity contribution >= 4 is 11.7 Å². The molecule has 0 saturated heterocycles. The van der Waals surface area contributed by atoms with E-state index in [1.54, 1.807) is 20.8 Å². The SMILES string of the molecule is CCCn1nc(C(C)(C)C)c([N+](=O)[O-])c1C(=O)O. The summed E-state index contributed by atoms with van der Waals surface area (Å²) < 4.78 is 1.21. The number of aromatic carboxylic acids is 1. The summed E-state index contributed by atoms with van der Waals surface area (Å²) in [6.07, 6.45) is 0.655. The number of carboxylic acid groups (broad SMARTS) is 1. The summed E-state index contributed by atoms with van der Waals surface area (Å²) >= 11 is 0. The molecule has 0 aliphatic rings. The highest BCUT2D eigenvalue weighted by Crippen LogP contribution is 2.33. The molecule has 1 rings (SSSR count). The predicted molar refractivity (Wildman–Crippen MR) is 64.8 cm³/mol. The maximum Gasteiger partial charge on any atom is 0.361 e. The van der Waals surface area contributed by atoms with Gasteiger partial charge in [-0.05, 0) is 6.42 Å². The van der Waals surface area contributed by atoms with Crippen LogP contribution in [0, 0.1) is 10.1 Å². The van der Waals surface area contributed by atoms with Gasteiger partial charge in [-0.3, -0.25) is 14.8 Å². The standard InChI is InChI=1S/C11H17N3O4/c1-5-6-13-8(10(15)16)7(14(17)18)9(12-13)11(2,3)4/h5-6H2,1-4H3,(H,15,16). The molecule has 7 nitrogen and oxygen atoms in total. The molecule has 1 heterocycles. The molecule has 0 aliphatic carbocycles. The minimum Gasteiger partial charge on any atom is -0.476 e. The summed E-state index contributed by atoms with van der Waals surface area (Å²) in [5.74, 6) is -1.32. The number of nitrogens with zero attached hydrogens (tertiary/aromatic N) is 3. The van der Waals surface area contributed by atoms with Crippen LogP contribution in [0.15, 0.2) is 0 Å². The Bertz CT molecular complexity index is 485. The van der Waals surface area contributed by atoms with Gasteiger partial charge in [-0.2, -0.15) is 5.10 Å². The van der Waals surface area contributed by atoms with E-state index in [1.165, 1.54) is 4.68 Å². The van der Waals surface area contributed by atoms with Crippen LogP contribution in [0.5, 0.6) is 0 Å². The lowest BCUT2D eigenvalue weighted by Crippen LogP contribution is -2.14. The molecule has 18 heavy (non-hydrogen) atoms. The Balaban J connectivity index is 3.59. The van der Waals surface area contributed by atoms with Crippen LogP contribution < -0.4 is 0 Å². The van der Waals surface area contributed by atoms with Gasteiger partial charge in [-0.25, -0.2) is 4.79 Å². The maximum absolute atomic E-state index is 11.2. The van der Waals surface area contributed by atoms with E-state index >= 15 is 0 Å². The fourth-order valence-electron chi connectivity index (χ4n) is 1.72. The van der Waals surface area contributed by atoms with Crippen LogP contribution in [0.1, 0.15) is 50.3 Å². The lowest BCUT2D eigenvalue weighted by atomic mass is 9.91. The van der Waals surface area contributed by atoms with Crippen LogP contribution in [0.3, 0.4) is 0 Å². The van der Waals surface area contributed by atoms with E-state index in [0.717, 1.165) is 0 Å². The quantitative estimate of drug-likeness (QED) is 0.656. The van der Waals surface area contributed by atoms with E-state index in [9.17, 15) is 14.9 Å². The van der Waals surface area contributed by atoms with Crippen LogP contribution >= 0.6 is 0 Å². The predicted octanol–water partition coefficient (Wildman–Crippen LogP) is 2.20. The fourth-order valence-corrected chi connectivity index (χ4v) is 1.72. The van der Waals surface area contributed by atoms with Crippen molar-refractivity contribution in [3.8, 4) is 0 Å². The summed E-state index contributed by atoms with van der Waals surface area (Å²) in [5.41, 5.74) is -1.11. The zero-order chi connectivity index (χ0) is 14.1. The second kappa shape index (κ2) is 4.75.